The van der Waals surface area contributed by atoms with E-state index in [1.165, 1.54) is 10.6 Å². The zero-order valence-corrected chi connectivity index (χ0v) is 25.0. The van der Waals surface area contributed by atoms with Gasteiger partial charge in [0.2, 0.25) is 11.8 Å². The number of rotatable bonds is 8. The molecule has 0 saturated heterocycles. The Morgan fingerprint density at radius 3 is 2.73 bits per heavy atom. The van der Waals surface area contributed by atoms with E-state index in [2.05, 4.69) is 10.6 Å². The average molecular weight is 620 g/mol. The van der Waals surface area contributed by atoms with Crippen LogP contribution in [-0.2, 0) is 49.0 Å². The Kier molecular flexibility index (Phi) is 7.02. The number of nitrogens with one attached hydrogen (secondary N) is 2. The number of esters is 1. The zero-order chi connectivity index (χ0) is 31.8. The minimum absolute atomic E-state index is 0.00701. The van der Waals surface area contributed by atoms with Gasteiger partial charge in [-0.05, 0) is 67.7 Å². The van der Waals surface area contributed by atoms with Gasteiger partial charge in [0.1, 0.15) is 25.3 Å². The second kappa shape index (κ2) is 10.7. The van der Waals surface area contributed by atoms with Gasteiger partial charge in [-0.1, -0.05) is 6.92 Å². The van der Waals surface area contributed by atoms with E-state index in [9.17, 15) is 24.3 Å². The molecule has 1 saturated carbocycles. The van der Waals surface area contributed by atoms with Crippen molar-refractivity contribution in [2.75, 3.05) is 13.3 Å². The van der Waals surface area contributed by atoms with E-state index in [0.717, 1.165) is 29.4 Å². The molecule has 3 aromatic rings. The van der Waals surface area contributed by atoms with Crippen molar-refractivity contribution in [3.63, 3.8) is 0 Å². The Morgan fingerprint density at radius 2 is 2.02 bits per heavy atom. The summed E-state index contributed by atoms with van der Waals surface area (Å²) < 4.78 is 27.7. The van der Waals surface area contributed by atoms with Crippen LogP contribution in [0.2, 0.25) is 0 Å². The largest absolute Gasteiger partial charge is 0.458 e. The highest BCUT2D eigenvalue weighted by atomic mass is 19.1. The normalized spacial score (nSPS) is 21.9. The maximum atomic E-state index is 15.2. The molecule has 3 atom stereocenters. The number of aliphatic hydroxyl groups is 1. The third-order valence-electron chi connectivity index (χ3n) is 9.72. The molecule has 45 heavy (non-hydrogen) atoms. The number of aromatic nitrogens is 2. The van der Waals surface area contributed by atoms with Crippen LogP contribution < -0.4 is 21.9 Å². The minimum Gasteiger partial charge on any atom is -0.458 e. The molecular weight excluding hydrogens is 585 g/mol. The lowest BCUT2D eigenvalue weighted by Crippen LogP contribution is -2.44. The average Bonchev–Trinajstić information content (AvgIpc) is 3.80. The molecule has 7 rings (SSSR count). The maximum Gasteiger partial charge on any atom is 0.343 e. The van der Waals surface area contributed by atoms with Crippen molar-refractivity contribution in [1.82, 2.24) is 20.2 Å². The molecule has 4 aliphatic rings. The first kappa shape index (κ1) is 29.5. The molecule has 0 spiro atoms. The first-order valence-corrected chi connectivity index (χ1v) is 15.3. The number of cyclic esters (lactones) is 1. The molecule has 0 unspecified atom stereocenters. The molecule has 4 heterocycles. The van der Waals surface area contributed by atoms with Gasteiger partial charge in [0, 0.05) is 22.6 Å². The number of fused-ring (bicyclic) bond motifs is 5. The number of benzene rings is 1. The van der Waals surface area contributed by atoms with Crippen LogP contribution in [0.5, 0.6) is 0 Å². The van der Waals surface area contributed by atoms with E-state index in [0.29, 0.717) is 40.9 Å². The molecule has 2 aliphatic carbocycles. The lowest BCUT2D eigenvalue weighted by atomic mass is 9.81. The molecule has 1 aromatic carbocycles. The second-order valence-corrected chi connectivity index (χ2v) is 12.3. The summed E-state index contributed by atoms with van der Waals surface area (Å²) >= 11 is 0. The van der Waals surface area contributed by atoms with E-state index in [1.807, 2.05) is 0 Å². The molecule has 1 fully saturated rings. The van der Waals surface area contributed by atoms with Crippen molar-refractivity contribution >= 4 is 28.7 Å². The van der Waals surface area contributed by atoms with Crippen LogP contribution in [0.15, 0.2) is 16.9 Å². The Balaban J connectivity index is 1.34. The molecule has 5 N–H and O–H groups in total. The number of carbonyl (C=O) groups is 3. The molecule has 236 valence electrons. The van der Waals surface area contributed by atoms with Crippen LogP contribution in [0.4, 0.5) is 4.39 Å². The summed E-state index contributed by atoms with van der Waals surface area (Å²) in [7, 11) is 0. The van der Waals surface area contributed by atoms with Crippen LogP contribution in [0.1, 0.15) is 72.0 Å². The van der Waals surface area contributed by atoms with Gasteiger partial charge >= 0.3 is 5.97 Å². The third kappa shape index (κ3) is 4.55. The number of carbonyl (C=O) groups excluding carboxylic acids is 3. The minimum atomic E-state index is -1.98. The zero-order valence-electron chi connectivity index (χ0n) is 25.0. The first-order valence-electron chi connectivity index (χ1n) is 15.3. The second-order valence-electron chi connectivity index (χ2n) is 12.3. The number of hydrogen-bond donors (Lipinski definition) is 4. The van der Waals surface area contributed by atoms with Gasteiger partial charge in [0.05, 0.1) is 41.6 Å². The molecule has 2 aromatic heterocycles. The Bertz CT molecular complexity index is 1870. The summed E-state index contributed by atoms with van der Waals surface area (Å²) in [6, 6.07) is 2.50. The molecule has 12 nitrogen and oxygen atoms in total. The molecule has 0 radical (unpaired) electrons. The lowest BCUT2D eigenvalue weighted by Gasteiger charge is -2.31. The van der Waals surface area contributed by atoms with Crippen LogP contribution in [0, 0.1) is 18.7 Å². The molecule has 0 bridgehead atoms. The SMILES string of the molecule is CC[C@@]1(O)C(=O)OCc2c1cc1n(c2=O)Cc2c-1nc1cc(F)c(C)c3c1c2[C@@H](NC(=O)[C@H](OCNC(=O)CN)C1CC1)CC3. The summed E-state index contributed by atoms with van der Waals surface area (Å²) in [4.78, 5) is 56.6. The van der Waals surface area contributed by atoms with Gasteiger partial charge in [-0.3, -0.25) is 14.4 Å². The number of nitrogens with two attached hydrogens (primary N) is 1. The van der Waals surface area contributed by atoms with Crippen LogP contribution >= 0.6 is 0 Å². The van der Waals surface area contributed by atoms with Crippen LogP contribution in [-0.4, -0.2) is 51.8 Å². The Labute approximate surface area is 257 Å². The number of ether oxygens (including phenoxy) is 2. The van der Waals surface area contributed by atoms with Gasteiger partial charge < -0.3 is 35.5 Å². The number of amides is 2. The highest BCUT2D eigenvalue weighted by Crippen LogP contribution is 2.46. The van der Waals surface area contributed by atoms with Crippen molar-refractivity contribution in [3.8, 4) is 11.4 Å². The molecule has 13 heteroatoms. The van der Waals surface area contributed by atoms with Crippen molar-refractivity contribution in [2.45, 2.75) is 76.9 Å². The van der Waals surface area contributed by atoms with E-state index in [-0.39, 0.29) is 55.8 Å². The Morgan fingerprint density at radius 1 is 1.24 bits per heavy atom. The van der Waals surface area contributed by atoms with Crippen molar-refractivity contribution in [2.24, 2.45) is 11.7 Å². The number of hydrogen-bond acceptors (Lipinski definition) is 9. The van der Waals surface area contributed by atoms with Crippen LogP contribution in [0.3, 0.4) is 0 Å². The predicted molar refractivity (Wildman–Crippen MR) is 158 cm³/mol. The molecule has 2 aliphatic heterocycles. The number of aryl methyl sites for hydroxylation is 1. The van der Waals surface area contributed by atoms with Gasteiger partial charge in [0.25, 0.3) is 5.56 Å². The Hall–Kier alpha value is -4.20. The van der Waals surface area contributed by atoms with Crippen LogP contribution in [0.25, 0.3) is 22.3 Å². The standard InChI is InChI=1S/C32H34FN5O7/c1-3-32(43)19-8-23-27-17(11-38(23)30(41)18(19)12-44-31(32)42)26-21(7-6-16-14(2)20(33)9-22(36-27)25(16)26)37-29(40)28(15-4-5-15)45-13-35-24(39)10-34/h8-9,15,21,28,43H,3-7,10-13,34H2,1-2H3,(H,35,39)(H,37,40)/t21-,28+,32-/m0/s1. The number of halogens is 1. The van der Waals surface area contributed by atoms with Gasteiger partial charge in [-0.25, -0.2) is 14.2 Å². The summed E-state index contributed by atoms with van der Waals surface area (Å²) in [5, 5.41) is 17.7. The summed E-state index contributed by atoms with van der Waals surface area (Å²) in [5.41, 5.74) is 7.38. The fourth-order valence-electron chi connectivity index (χ4n) is 7.06. The van der Waals surface area contributed by atoms with E-state index < -0.39 is 41.0 Å². The maximum absolute atomic E-state index is 15.2. The summed E-state index contributed by atoms with van der Waals surface area (Å²) in [6.45, 7) is 2.91. The smallest absolute Gasteiger partial charge is 0.343 e. The van der Waals surface area contributed by atoms with Crippen molar-refractivity contribution in [3.05, 3.63) is 61.7 Å². The topological polar surface area (TPSA) is 175 Å². The highest BCUT2D eigenvalue weighted by molar-refractivity contribution is 5.94. The summed E-state index contributed by atoms with van der Waals surface area (Å²) in [6.07, 6.45) is 1.86. The molecular formula is C32H34FN5O7. The predicted octanol–water partition coefficient (Wildman–Crippen LogP) is 1.46. The molecule has 2 amide bonds. The van der Waals surface area contributed by atoms with Gasteiger partial charge in [0.15, 0.2) is 5.60 Å². The van der Waals surface area contributed by atoms with Crippen molar-refractivity contribution in [1.29, 1.82) is 0 Å². The van der Waals surface area contributed by atoms with E-state index in [1.54, 1.807) is 19.9 Å². The van der Waals surface area contributed by atoms with Crippen molar-refractivity contribution < 1.29 is 33.4 Å². The number of pyridine rings is 2. The lowest BCUT2D eigenvalue weighted by molar-refractivity contribution is -0.172. The summed E-state index contributed by atoms with van der Waals surface area (Å²) in [5.74, 6) is -1.91. The number of nitrogens with zero attached hydrogens (tertiary/aromatic N) is 2. The van der Waals surface area contributed by atoms with E-state index in [4.69, 9.17) is 20.2 Å². The van der Waals surface area contributed by atoms with E-state index >= 15 is 4.39 Å². The highest BCUT2D eigenvalue weighted by Gasteiger charge is 2.46. The first-order chi connectivity index (χ1) is 21.6. The van der Waals surface area contributed by atoms with Gasteiger partial charge in [-0.2, -0.15) is 0 Å². The fourth-order valence-corrected chi connectivity index (χ4v) is 7.06. The fraction of sp³-hybridized carbons (Fsp3) is 0.469. The quantitative estimate of drug-likeness (QED) is 0.168. The monoisotopic (exact) mass is 619 g/mol. The third-order valence-corrected chi connectivity index (χ3v) is 9.72. The van der Waals surface area contributed by atoms with Gasteiger partial charge in [-0.15, -0.1) is 0 Å².